The van der Waals surface area contributed by atoms with Crippen LogP contribution in [0.15, 0.2) is 46.0 Å². The van der Waals surface area contributed by atoms with Gasteiger partial charge in [0.15, 0.2) is 0 Å². The second-order valence-electron chi connectivity index (χ2n) is 6.78. The van der Waals surface area contributed by atoms with E-state index >= 15 is 0 Å². The van der Waals surface area contributed by atoms with E-state index in [4.69, 9.17) is 37.4 Å². The summed E-state index contributed by atoms with van der Waals surface area (Å²) in [6.45, 7) is 4.10. The van der Waals surface area contributed by atoms with Crippen molar-refractivity contribution in [3.63, 3.8) is 0 Å². The molecule has 1 atom stereocenters. The minimum atomic E-state index is -1.08. The highest BCUT2D eigenvalue weighted by atomic mass is 35.5. The number of carbonyl (C=O) groups excluding carboxylic acids is 3. The Morgan fingerprint density at radius 1 is 1.06 bits per heavy atom. The van der Waals surface area contributed by atoms with E-state index < -0.39 is 30.6 Å². The molecule has 11 heteroatoms. The molecule has 0 spiro atoms. The van der Waals surface area contributed by atoms with Crippen LogP contribution in [0.3, 0.4) is 0 Å². The van der Waals surface area contributed by atoms with Gasteiger partial charge in [-0.15, -0.1) is 4.91 Å². The third-order valence-electron chi connectivity index (χ3n) is 4.86. The Kier molecular flexibility index (Phi) is 8.80. The molecule has 0 saturated heterocycles. The van der Waals surface area contributed by atoms with Crippen molar-refractivity contribution in [2.24, 2.45) is 5.29 Å². The lowest BCUT2D eigenvalue weighted by atomic mass is 9.80. The van der Waals surface area contributed by atoms with Gasteiger partial charge in [-0.05, 0) is 31.9 Å². The molecule has 0 radical (unpaired) electrons. The predicted molar refractivity (Wildman–Crippen MR) is 116 cm³/mol. The van der Waals surface area contributed by atoms with Crippen molar-refractivity contribution >= 4 is 41.1 Å². The highest BCUT2D eigenvalue weighted by Crippen LogP contribution is 2.46. The number of benzene rings is 1. The summed E-state index contributed by atoms with van der Waals surface area (Å²) in [6.07, 6.45) is 0.732. The number of carbonyl (C=O) groups is 3. The fraction of sp³-hybridized carbons (Fsp3) is 0.381. The first kappa shape index (κ1) is 25.4. The second kappa shape index (κ2) is 11.1. The smallest absolute Gasteiger partial charge is 0.339 e. The fourth-order valence-corrected chi connectivity index (χ4v) is 3.78. The molecule has 0 N–H and O–H groups in total. The van der Waals surface area contributed by atoms with Crippen LogP contribution in [-0.4, -0.2) is 36.8 Å². The lowest BCUT2D eigenvalue weighted by molar-refractivity contribution is -0.164. The number of rotatable bonds is 8. The molecule has 1 aromatic rings. The van der Waals surface area contributed by atoms with Crippen LogP contribution in [0.2, 0.25) is 10.0 Å². The number of hydrogen-bond donors (Lipinski definition) is 0. The summed E-state index contributed by atoms with van der Waals surface area (Å²) in [4.78, 5) is 48.9. The van der Waals surface area contributed by atoms with E-state index in [1.54, 1.807) is 25.1 Å². The van der Waals surface area contributed by atoms with Crippen molar-refractivity contribution in [1.29, 1.82) is 0 Å². The number of esters is 3. The molecule has 1 aromatic carbocycles. The maximum Gasteiger partial charge on any atom is 0.339 e. The Morgan fingerprint density at radius 2 is 1.69 bits per heavy atom. The molecule has 0 aromatic heterocycles. The maximum absolute atomic E-state index is 13.1. The highest BCUT2D eigenvalue weighted by molar-refractivity contribution is 6.42. The Labute approximate surface area is 194 Å². The molecule has 1 heterocycles. The first-order chi connectivity index (χ1) is 15.2. The maximum atomic E-state index is 13.1. The van der Waals surface area contributed by atoms with Gasteiger partial charge in [-0.3, -0.25) is 4.79 Å². The monoisotopic (exact) mass is 484 g/mol. The molecule has 9 nitrogen and oxygen atoms in total. The lowest BCUT2D eigenvalue weighted by Crippen LogP contribution is -2.33. The Morgan fingerprint density at radius 3 is 2.25 bits per heavy atom. The predicted octanol–water partition coefficient (Wildman–Crippen LogP) is 4.64. The molecular formula is C21H22Cl2N2O7. The van der Waals surface area contributed by atoms with Gasteiger partial charge in [0.25, 0.3) is 0 Å². The summed E-state index contributed by atoms with van der Waals surface area (Å²) in [7, 11) is 1.16. The number of hydrogen-bond acceptors (Lipinski definition) is 8. The summed E-state index contributed by atoms with van der Waals surface area (Å²) in [6, 6.07) is 4.73. The number of ether oxygens (including phenoxy) is 3. The minimum Gasteiger partial charge on any atom is -0.466 e. The average molecular weight is 485 g/mol. The Bertz CT molecular complexity index is 1000. The molecule has 1 aliphatic rings. The van der Waals surface area contributed by atoms with Gasteiger partial charge in [0.2, 0.25) is 6.79 Å². The van der Waals surface area contributed by atoms with Crippen molar-refractivity contribution in [3.05, 3.63) is 61.3 Å². The van der Waals surface area contributed by atoms with Crippen LogP contribution < -0.4 is 0 Å². The van der Waals surface area contributed by atoms with Gasteiger partial charge in [0.05, 0.1) is 50.9 Å². The molecule has 0 amide bonds. The largest absolute Gasteiger partial charge is 0.466 e. The molecule has 0 aliphatic carbocycles. The summed E-state index contributed by atoms with van der Waals surface area (Å²) in [5.74, 6) is -3.35. The number of methoxy groups -OCH3 is 1. The van der Waals surface area contributed by atoms with Crippen LogP contribution in [0.25, 0.3) is 0 Å². The SMILES string of the molecule is CCCC(=O)OCOC(=O)C1=C(C)N(N=O)C(C)=C(C(=O)OC)C1c1cccc(Cl)c1Cl. The summed E-state index contributed by atoms with van der Waals surface area (Å²) >= 11 is 12.6. The van der Waals surface area contributed by atoms with Gasteiger partial charge in [-0.1, -0.05) is 42.3 Å². The van der Waals surface area contributed by atoms with Gasteiger partial charge in [0.1, 0.15) is 0 Å². The number of nitrogens with zero attached hydrogens (tertiary/aromatic N) is 2. The molecule has 172 valence electrons. The summed E-state index contributed by atoms with van der Waals surface area (Å²) in [5.41, 5.74) is 0.425. The van der Waals surface area contributed by atoms with E-state index in [0.717, 1.165) is 12.1 Å². The van der Waals surface area contributed by atoms with Crippen LogP contribution in [0.5, 0.6) is 0 Å². The topological polar surface area (TPSA) is 112 Å². The van der Waals surface area contributed by atoms with Gasteiger partial charge < -0.3 is 14.2 Å². The number of allylic oxidation sites excluding steroid dienone is 2. The van der Waals surface area contributed by atoms with E-state index in [-0.39, 0.29) is 39.0 Å². The summed E-state index contributed by atoms with van der Waals surface area (Å²) in [5, 5.41) is 4.11. The van der Waals surface area contributed by atoms with Crippen LogP contribution in [0.4, 0.5) is 0 Å². The molecule has 32 heavy (non-hydrogen) atoms. The Hall–Kier alpha value is -2.91. The Balaban J connectivity index is 2.60. The van der Waals surface area contributed by atoms with Crippen LogP contribution in [0.1, 0.15) is 45.1 Å². The van der Waals surface area contributed by atoms with Crippen LogP contribution >= 0.6 is 23.2 Å². The van der Waals surface area contributed by atoms with E-state index in [1.807, 2.05) is 0 Å². The molecule has 0 fully saturated rings. The molecule has 0 bridgehead atoms. The van der Waals surface area contributed by atoms with Crippen molar-refractivity contribution < 1.29 is 28.6 Å². The zero-order valence-electron chi connectivity index (χ0n) is 17.9. The first-order valence-corrected chi connectivity index (χ1v) is 10.3. The van der Waals surface area contributed by atoms with Crippen molar-refractivity contribution in [2.45, 2.75) is 39.5 Å². The molecule has 2 rings (SSSR count). The zero-order chi connectivity index (χ0) is 24.0. The van der Waals surface area contributed by atoms with Gasteiger partial charge in [-0.25, -0.2) is 14.6 Å². The fourth-order valence-electron chi connectivity index (χ4n) is 3.36. The summed E-state index contributed by atoms with van der Waals surface area (Å²) < 4.78 is 14.9. The van der Waals surface area contributed by atoms with Gasteiger partial charge in [0, 0.05) is 6.42 Å². The van der Waals surface area contributed by atoms with Crippen LogP contribution in [0, 0.1) is 4.91 Å². The minimum absolute atomic E-state index is 0.0446. The van der Waals surface area contributed by atoms with Gasteiger partial charge in [-0.2, -0.15) is 0 Å². The third kappa shape index (κ3) is 5.11. The number of halogens is 2. The molecule has 0 saturated carbocycles. The normalized spacial score (nSPS) is 16.1. The van der Waals surface area contributed by atoms with E-state index in [9.17, 15) is 19.3 Å². The van der Waals surface area contributed by atoms with Crippen molar-refractivity contribution in [1.82, 2.24) is 5.01 Å². The second-order valence-corrected chi connectivity index (χ2v) is 7.56. The third-order valence-corrected chi connectivity index (χ3v) is 5.69. The quantitative estimate of drug-likeness (QED) is 0.298. The molecule has 1 aliphatic heterocycles. The molecule has 1 unspecified atom stereocenters. The van der Waals surface area contributed by atoms with E-state index in [2.05, 4.69) is 5.29 Å². The van der Waals surface area contributed by atoms with Crippen molar-refractivity contribution in [2.75, 3.05) is 13.9 Å². The van der Waals surface area contributed by atoms with Crippen molar-refractivity contribution in [3.8, 4) is 0 Å². The standard InChI is InChI=1S/C21H22Cl2N2O7/c1-5-7-15(26)31-10-32-21(28)17-12(3)25(24-29)11(2)16(20(27)30-4)18(17)13-8-6-9-14(22)19(13)23/h6,8-9,18H,5,7,10H2,1-4H3. The first-order valence-electron chi connectivity index (χ1n) is 9.59. The zero-order valence-corrected chi connectivity index (χ0v) is 19.5. The van der Waals surface area contributed by atoms with Gasteiger partial charge >= 0.3 is 17.9 Å². The van der Waals surface area contributed by atoms with E-state index in [1.165, 1.54) is 13.8 Å². The average Bonchev–Trinajstić information content (AvgIpc) is 2.75. The lowest BCUT2D eigenvalue weighted by Gasteiger charge is -2.33. The highest BCUT2D eigenvalue weighted by Gasteiger charge is 2.42. The molecular weight excluding hydrogens is 463 g/mol. The van der Waals surface area contributed by atoms with Crippen LogP contribution in [-0.2, 0) is 28.6 Å². The number of nitroso groups, excluding NO2 is 1. The van der Waals surface area contributed by atoms with E-state index in [0.29, 0.717) is 12.0 Å².